The van der Waals surface area contributed by atoms with Crippen molar-refractivity contribution in [1.29, 1.82) is 0 Å². The molecule has 9 heteroatoms. The molecule has 0 bridgehead atoms. The standard InChI is InChI=1S/C20H23FN2O.C2HF3O2/c1-15(16-7-9-18(21)10-8-16)23-19(24)20(11-13-22-14-12-20)17-5-3-2-4-6-17;3-2(4,5)1(6)7/h2-10,15,22H,11-14H2,1H3,(H,23,24);(H,6,7)/t15-;/m1./s1. The Morgan fingerprint density at radius 3 is 2.03 bits per heavy atom. The molecule has 0 unspecified atom stereocenters. The smallest absolute Gasteiger partial charge is 0.475 e. The van der Waals surface area contributed by atoms with E-state index in [0.29, 0.717) is 0 Å². The molecule has 0 saturated carbocycles. The molecular formula is C22H24F4N2O3. The number of hydrogen-bond donors (Lipinski definition) is 3. The zero-order valence-corrected chi connectivity index (χ0v) is 16.9. The van der Waals surface area contributed by atoms with Crippen molar-refractivity contribution >= 4 is 11.9 Å². The van der Waals surface area contributed by atoms with Crippen molar-refractivity contribution in [2.75, 3.05) is 13.1 Å². The summed E-state index contributed by atoms with van der Waals surface area (Å²) in [5.74, 6) is -2.98. The Kier molecular flexibility index (Phi) is 8.15. The van der Waals surface area contributed by atoms with Gasteiger partial charge in [-0.3, -0.25) is 4.79 Å². The summed E-state index contributed by atoms with van der Waals surface area (Å²) in [5, 5.41) is 13.6. The van der Waals surface area contributed by atoms with E-state index < -0.39 is 17.6 Å². The van der Waals surface area contributed by atoms with Gasteiger partial charge in [0.1, 0.15) is 5.82 Å². The van der Waals surface area contributed by atoms with Crippen LogP contribution in [0.15, 0.2) is 54.6 Å². The molecule has 1 amide bonds. The van der Waals surface area contributed by atoms with Crippen molar-refractivity contribution in [2.24, 2.45) is 0 Å². The first kappa shape index (κ1) is 24.3. The van der Waals surface area contributed by atoms with Crippen LogP contribution >= 0.6 is 0 Å². The molecule has 1 fully saturated rings. The van der Waals surface area contributed by atoms with Crippen LogP contribution in [0.5, 0.6) is 0 Å². The molecule has 1 aliphatic heterocycles. The maximum atomic E-state index is 13.2. The summed E-state index contributed by atoms with van der Waals surface area (Å²) in [6, 6.07) is 16.1. The SMILES string of the molecule is C[C@@H](NC(=O)C1(c2ccccc2)CCNCC1)c1ccc(F)cc1.O=C(O)C(F)(F)F. The highest BCUT2D eigenvalue weighted by Crippen LogP contribution is 2.34. The maximum Gasteiger partial charge on any atom is 0.490 e. The van der Waals surface area contributed by atoms with Gasteiger partial charge < -0.3 is 15.7 Å². The number of aliphatic carboxylic acids is 1. The minimum absolute atomic E-state index is 0.0482. The minimum atomic E-state index is -5.08. The van der Waals surface area contributed by atoms with Gasteiger partial charge in [0.25, 0.3) is 0 Å². The van der Waals surface area contributed by atoms with Crippen LogP contribution in [0.4, 0.5) is 17.6 Å². The van der Waals surface area contributed by atoms with Gasteiger partial charge in [0, 0.05) is 0 Å². The van der Waals surface area contributed by atoms with E-state index in [9.17, 15) is 22.4 Å². The van der Waals surface area contributed by atoms with Crippen LogP contribution in [0.1, 0.15) is 36.9 Å². The Morgan fingerprint density at radius 2 is 1.55 bits per heavy atom. The molecule has 1 aliphatic rings. The Morgan fingerprint density at radius 1 is 1.03 bits per heavy atom. The lowest BCUT2D eigenvalue weighted by Crippen LogP contribution is -2.51. The molecule has 0 spiro atoms. The van der Waals surface area contributed by atoms with Gasteiger partial charge in [0.05, 0.1) is 11.5 Å². The van der Waals surface area contributed by atoms with Crippen molar-refractivity contribution in [1.82, 2.24) is 10.6 Å². The molecular weight excluding hydrogens is 416 g/mol. The lowest BCUT2D eigenvalue weighted by molar-refractivity contribution is -0.192. The third kappa shape index (κ3) is 6.52. The second-order valence-corrected chi connectivity index (χ2v) is 7.25. The summed E-state index contributed by atoms with van der Waals surface area (Å²) in [4.78, 5) is 22.1. The van der Waals surface area contributed by atoms with Crippen LogP contribution in [0.25, 0.3) is 0 Å². The first-order valence-electron chi connectivity index (χ1n) is 9.69. The molecule has 31 heavy (non-hydrogen) atoms. The third-order valence-electron chi connectivity index (χ3n) is 5.18. The van der Waals surface area contributed by atoms with Gasteiger partial charge in [-0.15, -0.1) is 0 Å². The summed E-state index contributed by atoms with van der Waals surface area (Å²) in [6.07, 6.45) is -3.53. The first-order valence-corrected chi connectivity index (χ1v) is 9.69. The summed E-state index contributed by atoms with van der Waals surface area (Å²) in [7, 11) is 0. The average Bonchev–Trinajstić information content (AvgIpc) is 2.75. The molecule has 0 aromatic heterocycles. The van der Waals surface area contributed by atoms with Gasteiger partial charge in [-0.05, 0) is 56.1 Å². The normalized spacial score (nSPS) is 16.4. The number of rotatable bonds is 4. The van der Waals surface area contributed by atoms with Crippen molar-refractivity contribution in [3.8, 4) is 0 Å². The van der Waals surface area contributed by atoms with Gasteiger partial charge in [0.2, 0.25) is 5.91 Å². The summed E-state index contributed by atoms with van der Waals surface area (Å²) in [6.45, 7) is 3.59. The van der Waals surface area contributed by atoms with Gasteiger partial charge >= 0.3 is 12.1 Å². The number of carboxylic acid groups (broad SMARTS) is 1. The van der Waals surface area contributed by atoms with Crippen LogP contribution in [-0.4, -0.2) is 36.2 Å². The van der Waals surface area contributed by atoms with Gasteiger partial charge in [-0.25, -0.2) is 9.18 Å². The van der Waals surface area contributed by atoms with Crippen LogP contribution in [-0.2, 0) is 15.0 Å². The van der Waals surface area contributed by atoms with E-state index >= 15 is 0 Å². The second kappa shape index (κ2) is 10.4. The number of hydrogen-bond acceptors (Lipinski definition) is 3. The molecule has 168 valence electrons. The number of amides is 1. The highest BCUT2D eigenvalue weighted by Gasteiger charge is 2.41. The average molecular weight is 440 g/mol. The molecule has 1 heterocycles. The van der Waals surface area contributed by atoms with E-state index in [1.54, 1.807) is 12.1 Å². The van der Waals surface area contributed by atoms with Crippen molar-refractivity contribution in [3.05, 3.63) is 71.5 Å². The quantitative estimate of drug-likeness (QED) is 0.629. The highest BCUT2D eigenvalue weighted by atomic mass is 19.4. The molecule has 2 aromatic rings. The number of piperidine rings is 1. The van der Waals surface area contributed by atoms with E-state index in [2.05, 4.69) is 10.6 Å². The van der Waals surface area contributed by atoms with E-state index in [1.807, 2.05) is 37.3 Å². The third-order valence-corrected chi connectivity index (χ3v) is 5.18. The number of halogens is 4. The zero-order chi connectivity index (χ0) is 23.1. The topological polar surface area (TPSA) is 78.4 Å². The van der Waals surface area contributed by atoms with Gasteiger partial charge in [-0.2, -0.15) is 13.2 Å². The number of carboxylic acids is 1. The summed E-state index contributed by atoms with van der Waals surface area (Å²) >= 11 is 0. The van der Waals surface area contributed by atoms with Crippen molar-refractivity contribution in [2.45, 2.75) is 37.4 Å². The summed E-state index contributed by atoms with van der Waals surface area (Å²) in [5.41, 5.74) is 1.47. The monoisotopic (exact) mass is 440 g/mol. The zero-order valence-electron chi connectivity index (χ0n) is 16.9. The lowest BCUT2D eigenvalue weighted by Gasteiger charge is -2.37. The second-order valence-electron chi connectivity index (χ2n) is 7.25. The number of nitrogens with one attached hydrogen (secondary N) is 2. The summed E-state index contributed by atoms with van der Waals surface area (Å²) < 4.78 is 44.8. The van der Waals surface area contributed by atoms with Crippen LogP contribution in [0, 0.1) is 5.82 Å². The van der Waals surface area contributed by atoms with E-state index in [0.717, 1.165) is 37.1 Å². The van der Waals surface area contributed by atoms with Crippen molar-refractivity contribution in [3.63, 3.8) is 0 Å². The van der Waals surface area contributed by atoms with E-state index in [1.165, 1.54) is 12.1 Å². The number of benzene rings is 2. The molecule has 5 nitrogen and oxygen atoms in total. The number of carbonyl (C=O) groups is 2. The molecule has 1 saturated heterocycles. The Balaban J connectivity index is 0.000000423. The number of alkyl halides is 3. The van der Waals surface area contributed by atoms with Crippen LogP contribution in [0.2, 0.25) is 0 Å². The Labute approximate surface area is 177 Å². The van der Waals surface area contributed by atoms with Gasteiger partial charge in [-0.1, -0.05) is 42.5 Å². The predicted octanol–water partition coefficient (Wildman–Crippen LogP) is 3.96. The van der Waals surface area contributed by atoms with E-state index in [-0.39, 0.29) is 17.8 Å². The molecule has 3 rings (SSSR count). The highest BCUT2D eigenvalue weighted by molar-refractivity contribution is 5.88. The predicted molar refractivity (Wildman–Crippen MR) is 107 cm³/mol. The van der Waals surface area contributed by atoms with E-state index in [4.69, 9.17) is 9.90 Å². The molecule has 1 atom stereocenters. The van der Waals surface area contributed by atoms with Crippen LogP contribution < -0.4 is 10.6 Å². The maximum absolute atomic E-state index is 13.2. The first-order chi connectivity index (χ1) is 14.6. The Hall–Kier alpha value is -2.94. The minimum Gasteiger partial charge on any atom is -0.475 e. The molecule has 0 radical (unpaired) electrons. The van der Waals surface area contributed by atoms with Gasteiger partial charge in [0.15, 0.2) is 0 Å². The largest absolute Gasteiger partial charge is 0.490 e. The van der Waals surface area contributed by atoms with Crippen LogP contribution in [0.3, 0.4) is 0 Å². The molecule has 3 N–H and O–H groups in total. The fraction of sp³-hybridized carbons (Fsp3) is 0.364. The fourth-order valence-electron chi connectivity index (χ4n) is 3.43. The van der Waals surface area contributed by atoms with Crippen molar-refractivity contribution < 1.29 is 32.3 Å². The fourth-order valence-corrected chi connectivity index (χ4v) is 3.43. The molecule has 2 aromatic carbocycles. The lowest BCUT2D eigenvalue weighted by atomic mass is 9.72. The Bertz CT molecular complexity index is 865. The number of carbonyl (C=O) groups excluding carboxylic acids is 1. The molecule has 0 aliphatic carbocycles.